The summed E-state index contributed by atoms with van der Waals surface area (Å²) in [5.74, 6) is 3.54. The molecule has 1 aliphatic rings. The van der Waals surface area contributed by atoms with Crippen LogP contribution in [0, 0.1) is 18.3 Å². The highest BCUT2D eigenvalue weighted by molar-refractivity contribution is 7.12. The molecule has 2 aromatic heterocycles. The fraction of sp³-hybridized carbons (Fsp3) is 0.308. The SMILES string of the molecule is C#CCOc1cccc(CN2CCC[C@H]([C@@H](NC(=O)c3cccs3)c3ccccn3)C2)c1. The monoisotopic (exact) mass is 445 g/mol. The molecule has 0 saturated carbocycles. The number of pyridine rings is 1. The fourth-order valence-electron chi connectivity index (χ4n) is 4.24. The molecule has 1 saturated heterocycles. The predicted octanol–water partition coefficient (Wildman–Crippen LogP) is 4.54. The lowest BCUT2D eigenvalue weighted by Gasteiger charge is -2.37. The highest BCUT2D eigenvalue weighted by Crippen LogP contribution is 2.30. The van der Waals surface area contributed by atoms with Crippen LogP contribution >= 0.6 is 11.3 Å². The number of nitrogens with one attached hydrogen (secondary N) is 1. The van der Waals surface area contributed by atoms with E-state index in [1.165, 1.54) is 16.9 Å². The van der Waals surface area contributed by atoms with Crippen molar-refractivity contribution in [1.82, 2.24) is 15.2 Å². The Bertz CT molecular complexity index is 1050. The predicted molar refractivity (Wildman–Crippen MR) is 128 cm³/mol. The molecule has 0 unspecified atom stereocenters. The number of thiophene rings is 1. The van der Waals surface area contributed by atoms with Gasteiger partial charge in [-0.15, -0.1) is 17.8 Å². The maximum atomic E-state index is 12.9. The maximum Gasteiger partial charge on any atom is 0.261 e. The lowest BCUT2D eigenvalue weighted by molar-refractivity contribution is 0.0879. The van der Waals surface area contributed by atoms with Gasteiger partial charge >= 0.3 is 0 Å². The number of likely N-dealkylation sites (tertiary alicyclic amines) is 1. The summed E-state index contributed by atoms with van der Waals surface area (Å²) in [6.45, 7) is 3.02. The van der Waals surface area contributed by atoms with Crippen LogP contribution < -0.4 is 10.1 Å². The van der Waals surface area contributed by atoms with Gasteiger partial charge < -0.3 is 10.1 Å². The van der Waals surface area contributed by atoms with Crippen molar-refractivity contribution in [2.45, 2.75) is 25.4 Å². The van der Waals surface area contributed by atoms with E-state index < -0.39 is 0 Å². The number of benzene rings is 1. The zero-order valence-corrected chi connectivity index (χ0v) is 18.8. The molecule has 0 aliphatic carbocycles. The maximum absolute atomic E-state index is 12.9. The van der Waals surface area contributed by atoms with Gasteiger partial charge in [0.05, 0.1) is 16.6 Å². The van der Waals surface area contributed by atoms with Gasteiger partial charge in [-0.25, -0.2) is 0 Å². The number of aromatic nitrogens is 1. The van der Waals surface area contributed by atoms with E-state index in [1.54, 1.807) is 6.20 Å². The van der Waals surface area contributed by atoms with Crippen molar-refractivity contribution >= 4 is 17.2 Å². The van der Waals surface area contributed by atoms with E-state index in [4.69, 9.17) is 11.2 Å². The third-order valence-electron chi connectivity index (χ3n) is 5.68. The Labute approximate surface area is 193 Å². The first-order valence-corrected chi connectivity index (χ1v) is 11.7. The molecule has 2 atom stereocenters. The lowest BCUT2D eigenvalue weighted by atomic mass is 9.88. The van der Waals surface area contributed by atoms with Gasteiger partial charge in [0, 0.05) is 19.3 Å². The Morgan fingerprint density at radius 2 is 2.22 bits per heavy atom. The number of rotatable bonds is 8. The van der Waals surface area contributed by atoms with E-state index in [0.29, 0.717) is 0 Å². The number of carbonyl (C=O) groups is 1. The minimum atomic E-state index is -0.126. The Balaban J connectivity index is 1.47. The quantitative estimate of drug-likeness (QED) is 0.517. The van der Waals surface area contributed by atoms with Crippen LogP contribution in [0.25, 0.3) is 0 Å². The molecular formula is C26H27N3O2S. The second kappa shape index (κ2) is 10.9. The number of hydrogen-bond acceptors (Lipinski definition) is 5. The van der Waals surface area contributed by atoms with E-state index in [0.717, 1.165) is 48.8 Å². The number of terminal acetylenes is 1. The molecule has 0 bridgehead atoms. The van der Waals surface area contributed by atoms with Crippen molar-refractivity contribution < 1.29 is 9.53 Å². The van der Waals surface area contributed by atoms with Crippen molar-refractivity contribution in [3.63, 3.8) is 0 Å². The van der Waals surface area contributed by atoms with Crippen LogP contribution in [0.5, 0.6) is 5.75 Å². The summed E-state index contributed by atoms with van der Waals surface area (Å²) in [4.78, 5) is 20.6. The minimum absolute atomic E-state index is 0.0360. The molecule has 4 rings (SSSR count). The number of ether oxygens (including phenoxy) is 1. The summed E-state index contributed by atoms with van der Waals surface area (Å²) >= 11 is 1.46. The minimum Gasteiger partial charge on any atom is -0.481 e. The van der Waals surface area contributed by atoms with Crippen molar-refractivity contribution in [2.75, 3.05) is 19.7 Å². The Hall–Kier alpha value is -3.14. The van der Waals surface area contributed by atoms with E-state index in [-0.39, 0.29) is 24.5 Å². The van der Waals surface area contributed by atoms with Gasteiger partial charge in [-0.2, -0.15) is 0 Å². The van der Waals surface area contributed by atoms with E-state index >= 15 is 0 Å². The van der Waals surface area contributed by atoms with Crippen LogP contribution in [0.1, 0.15) is 39.8 Å². The summed E-state index contributed by atoms with van der Waals surface area (Å²) in [5, 5.41) is 5.19. The van der Waals surface area contributed by atoms with Crippen LogP contribution in [-0.2, 0) is 6.54 Å². The second-order valence-corrected chi connectivity index (χ2v) is 8.91. The van der Waals surface area contributed by atoms with Gasteiger partial charge in [-0.1, -0.05) is 30.2 Å². The smallest absolute Gasteiger partial charge is 0.261 e. The Kier molecular flexibility index (Phi) is 7.55. The Morgan fingerprint density at radius 3 is 3.00 bits per heavy atom. The first kappa shape index (κ1) is 22.1. The molecule has 3 aromatic rings. The average molecular weight is 446 g/mol. The first-order valence-electron chi connectivity index (χ1n) is 10.9. The van der Waals surface area contributed by atoms with Gasteiger partial charge in [0.2, 0.25) is 0 Å². The summed E-state index contributed by atoms with van der Waals surface area (Å²) in [6, 6.07) is 17.6. The van der Waals surface area contributed by atoms with Gasteiger partial charge in [-0.05, 0) is 66.6 Å². The normalized spacial score (nSPS) is 17.3. The third-order valence-corrected chi connectivity index (χ3v) is 6.55. The molecular weight excluding hydrogens is 418 g/mol. The van der Waals surface area contributed by atoms with Crippen LogP contribution in [-0.4, -0.2) is 35.5 Å². The zero-order valence-electron chi connectivity index (χ0n) is 17.9. The van der Waals surface area contributed by atoms with Gasteiger partial charge in [0.1, 0.15) is 12.4 Å². The highest BCUT2D eigenvalue weighted by atomic mass is 32.1. The largest absolute Gasteiger partial charge is 0.481 e. The molecule has 3 heterocycles. The molecule has 5 nitrogen and oxygen atoms in total. The molecule has 1 N–H and O–H groups in total. The van der Waals surface area contributed by atoms with Crippen molar-refractivity contribution in [3.05, 3.63) is 82.3 Å². The number of hydrogen-bond donors (Lipinski definition) is 1. The summed E-state index contributed by atoms with van der Waals surface area (Å²) < 4.78 is 5.57. The summed E-state index contributed by atoms with van der Waals surface area (Å²) in [6.07, 6.45) is 9.23. The number of carbonyl (C=O) groups excluding carboxylic acids is 1. The van der Waals surface area contributed by atoms with Gasteiger partial charge in [0.15, 0.2) is 0 Å². The second-order valence-electron chi connectivity index (χ2n) is 7.96. The fourth-order valence-corrected chi connectivity index (χ4v) is 4.86. The van der Waals surface area contributed by atoms with Crippen molar-refractivity contribution in [3.8, 4) is 18.1 Å². The lowest BCUT2D eigenvalue weighted by Crippen LogP contribution is -2.42. The van der Waals surface area contributed by atoms with E-state index in [2.05, 4.69) is 33.3 Å². The molecule has 1 aliphatic heterocycles. The van der Waals surface area contributed by atoms with Crippen LogP contribution in [0.15, 0.2) is 66.2 Å². The van der Waals surface area contributed by atoms with Gasteiger partial charge in [-0.3, -0.25) is 14.7 Å². The van der Waals surface area contributed by atoms with E-state index in [9.17, 15) is 4.79 Å². The zero-order chi connectivity index (χ0) is 22.2. The summed E-state index contributed by atoms with van der Waals surface area (Å²) in [5.41, 5.74) is 2.10. The Morgan fingerprint density at radius 1 is 1.28 bits per heavy atom. The number of piperidine rings is 1. The number of nitrogens with zero attached hydrogens (tertiary/aromatic N) is 2. The van der Waals surface area contributed by atoms with Gasteiger partial charge in [0.25, 0.3) is 5.91 Å². The summed E-state index contributed by atoms with van der Waals surface area (Å²) in [7, 11) is 0. The van der Waals surface area contributed by atoms with Crippen LogP contribution in [0.2, 0.25) is 0 Å². The highest BCUT2D eigenvalue weighted by Gasteiger charge is 2.31. The molecule has 0 radical (unpaired) electrons. The molecule has 6 heteroatoms. The number of amides is 1. The van der Waals surface area contributed by atoms with Crippen molar-refractivity contribution in [2.24, 2.45) is 5.92 Å². The average Bonchev–Trinajstić information content (AvgIpc) is 3.37. The molecule has 0 spiro atoms. The molecule has 32 heavy (non-hydrogen) atoms. The van der Waals surface area contributed by atoms with E-state index in [1.807, 2.05) is 47.8 Å². The van der Waals surface area contributed by atoms with Crippen molar-refractivity contribution in [1.29, 1.82) is 0 Å². The standard InChI is InChI=1S/C26H27N3O2S/c1-2-15-31-22-10-5-8-20(17-22)18-29-14-6-9-21(19-29)25(23-11-3-4-13-27-23)28-26(30)24-12-7-16-32-24/h1,3-5,7-8,10-13,16-17,21,25H,6,9,14-15,18-19H2,(H,28,30)/t21-,25+/m0/s1. The molecule has 1 amide bonds. The molecule has 1 aromatic carbocycles. The molecule has 164 valence electrons. The van der Waals surface area contributed by atoms with Crippen LogP contribution in [0.4, 0.5) is 0 Å². The first-order chi connectivity index (χ1) is 15.7. The van der Waals surface area contributed by atoms with Crippen LogP contribution in [0.3, 0.4) is 0 Å². The molecule has 1 fully saturated rings. The topological polar surface area (TPSA) is 54.5 Å². The third kappa shape index (κ3) is 5.76.